The lowest BCUT2D eigenvalue weighted by Gasteiger charge is -2.30. The van der Waals surface area contributed by atoms with Gasteiger partial charge in [-0.1, -0.05) is 37.4 Å². The Balaban J connectivity index is 2.08. The summed E-state index contributed by atoms with van der Waals surface area (Å²) in [7, 11) is 0. The van der Waals surface area contributed by atoms with E-state index in [9.17, 15) is 0 Å². The lowest BCUT2D eigenvalue weighted by Crippen LogP contribution is -2.34. The van der Waals surface area contributed by atoms with Crippen molar-refractivity contribution in [2.24, 2.45) is 11.7 Å². The fraction of sp³-hybridized carbons (Fsp3) is 0.647. The van der Waals surface area contributed by atoms with Gasteiger partial charge in [-0.05, 0) is 71.9 Å². The third kappa shape index (κ3) is 4.69. The van der Waals surface area contributed by atoms with Crippen molar-refractivity contribution in [1.82, 2.24) is 4.90 Å². The highest BCUT2D eigenvalue weighted by Crippen LogP contribution is 2.31. The Labute approximate surface area is 142 Å². The van der Waals surface area contributed by atoms with E-state index in [-0.39, 0.29) is 6.04 Å². The van der Waals surface area contributed by atoms with Crippen LogP contribution in [-0.2, 0) is 0 Å². The van der Waals surface area contributed by atoms with E-state index < -0.39 is 0 Å². The van der Waals surface area contributed by atoms with Crippen LogP contribution in [-0.4, -0.2) is 24.5 Å². The Bertz CT molecular complexity index is 452. The third-order valence-corrected chi connectivity index (χ3v) is 5.80. The number of hydrogen-bond acceptors (Lipinski definition) is 2. The Morgan fingerprint density at radius 2 is 2.19 bits per heavy atom. The van der Waals surface area contributed by atoms with Gasteiger partial charge in [-0.3, -0.25) is 4.90 Å². The number of halogens is 2. The van der Waals surface area contributed by atoms with Crippen molar-refractivity contribution >= 4 is 27.5 Å². The molecule has 0 aromatic heterocycles. The summed E-state index contributed by atoms with van der Waals surface area (Å²) in [5.41, 5.74) is 7.31. The minimum absolute atomic E-state index is 0.288. The van der Waals surface area contributed by atoms with Gasteiger partial charge in [-0.15, -0.1) is 0 Å². The number of rotatable bonds is 5. The maximum absolute atomic E-state index is 6.24. The average molecular weight is 374 g/mol. The van der Waals surface area contributed by atoms with Crippen LogP contribution in [0.1, 0.15) is 50.6 Å². The van der Waals surface area contributed by atoms with E-state index in [4.69, 9.17) is 17.3 Å². The molecular weight excluding hydrogens is 348 g/mol. The second kappa shape index (κ2) is 8.52. The predicted molar refractivity (Wildman–Crippen MR) is 94.8 cm³/mol. The maximum atomic E-state index is 6.24. The number of nitrogens with two attached hydrogens (primary N) is 1. The molecule has 118 valence electrons. The average Bonchev–Trinajstić information content (AvgIpc) is 2.70. The zero-order chi connectivity index (χ0) is 15.2. The van der Waals surface area contributed by atoms with E-state index in [0.717, 1.165) is 28.5 Å². The van der Waals surface area contributed by atoms with Crippen molar-refractivity contribution in [3.05, 3.63) is 33.3 Å². The molecule has 2 unspecified atom stereocenters. The van der Waals surface area contributed by atoms with E-state index >= 15 is 0 Å². The van der Waals surface area contributed by atoms with Gasteiger partial charge in [0.05, 0.1) is 5.02 Å². The second-order valence-corrected chi connectivity index (χ2v) is 7.31. The summed E-state index contributed by atoms with van der Waals surface area (Å²) in [6.45, 7) is 5.24. The van der Waals surface area contributed by atoms with Gasteiger partial charge in [-0.2, -0.15) is 0 Å². The Hall–Kier alpha value is -0.0900. The van der Waals surface area contributed by atoms with Crippen LogP contribution >= 0.6 is 27.5 Å². The van der Waals surface area contributed by atoms with E-state index in [1.165, 1.54) is 37.7 Å². The minimum atomic E-state index is 0.288. The first-order valence-electron chi connectivity index (χ1n) is 8.04. The summed E-state index contributed by atoms with van der Waals surface area (Å²) >= 11 is 9.70. The highest BCUT2D eigenvalue weighted by atomic mass is 79.9. The van der Waals surface area contributed by atoms with Crippen LogP contribution in [0.3, 0.4) is 0 Å². The van der Waals surface area contributed by atoms with Crippen molar-refractivity contribution in [1.29, 1.82) is 0 Å². The summed E-state index contributed by atoms with van der Waals surface area (Å²) in [5.74, 6) is 0.895. The molecule has 2 N–H and O–H groups in total. The van der Waals surface area contributed by atoms with Gasteiger partial charge in [0.1, 0.15) is 0 Å². The summed E-state index contributed by atoms with van der Waals surface area (Å²) in [6, 6.07) is 6.51. The zero-order valence-electron chi connectivity index (χ0n) is 12.8. The third-order valence-electron chi connectivity index (χ3n) is 4.57. The molecule has 1 heterocycles. The van der Waals surface area contributed by atoms with Crippen LogP contribution in [0, 0.1) is 5.92 Å². The van der Waals surface area contributed by atoms with Crippen molar-refractivity contribution in [3.63, 3.8) is 0 Å². The first-order valence-corrected chi connectivity index (χ1v) is 9.21. The molecule has 0 saturated carbocycles. The highest BCUT2D eigenvalue weighted by molar-refractivity contribution is 9.10. The van der Waals surface area contributed by atoms with Crippen molar-refractivity contribution in [2.75, 3.05) is 19.6 Å². The van der Waals surface area contributed by atoms with Gasteiger partial charge < -0.3 is 5.73 Å². The summed E-state index contributed by atoms with van der Waals surface area (Å²) in [4.78, 5) is 2.55. The number of likely N-dealkylation sites (tertiary alicyclic amines) is 1. The van der Waals surface area contributed by atoms with E-state index in [2.05, 4.69) is 39.9 Å². The molecule has 2 rings (SSSR count). The summed E-state index contributed by atoms with van der Waals surface area (Å²) in [5, 5.41) is 0.768. The van der Waals surface area contributed by atoms with E-state index in [1.54, 1.807) is 0 Å². The second-order valence-electron chi connectivity index (χ2n) is 6.05. The van der Waals surface area contributed by atoms with E-state index in [0.29, 0.717) is 6.54 Å². The largest absolute Gasteiger partial charge is 0.329 e. The van der Waals surface area contributed by atoms with Crippen LogP contribution in [0.25, 0.3) is 0 Å². The Morgan fingerprint density at radius 1 is 1.38 bits per heavy atom. The minimum Gasteiger partial charge on any atom is -0.329 e. The quantitative estimate of drug-likeness (QED) is 0.786. The maximum Gasteiger partial charge on any atom is 0.0551 e. The molecule has 0 bridgehead atoms. The summed E-state index contributed by atoms with van der Waals surface area (Å²) in [6.07, 6.45) is 6.61. The number of benzene rings is 1. The standard InChI is InChI=1S/C17H26BrClN2/c1-2-4-13-5-3-9-21(10-8-13)17(12-20)14-6-7-15(18)16(19)11-14/h6-7,11,13,17H,2-5,8-10,12,20H2,1H3. The zero-order valence-corrected chi connectivity index (χ0v) is 15.2. The summed E-state index contributed by atoms with van der Waals surface area (Å²) < 4.78 is 0.947. The molecule has 1 fully saturated rings. The molecule has 0 amide bonds. The Morgan fingerprint density at radius 3 is 2.86 bits per heavy atom. The fourth-order valence-corrected chi connectivity index (χ4v) is 3.85. The molecule has 0 spiro atoms. The first-order chi connectivity index (χ1) is 10.2. The monoisotopic (exact) mass is 372 g/mol. The van der Waals surface area contributed by atoms with Gasteiger partial charge in [0.25, 0.3) is 0 Å². The molecular formula is C17H26BrClN2. The van der Waals surface area contributed by atoms with Crippen LogP contribution < -0.4 is 5.73 Å². The molecule has 21 heavy (non-hydrogen) atoms. The molecule has 0 radical (unpaired) electrons. The molecule has 2 atom stereocenters. The highest BCUT2D eigenvalue weighted by Gasteiger charge is 2.23. The van der Waals surface area contributed by atoms with Gasteiger partial charge >= 0.3 is 0 Å². The first kappa shape index (κ1) is 17.3. The molecule has 2 nitrogen and oxygen atoms in total. The van der Waals surface area contributed by atoms with Gasteiger partial charge in [0.15, 0.2) is 0 Å². The van der Waals surface area contributed by atoms with Crippen LogP contribution in [0.4, 0.5) is 0 Å². The van der Waals surface area contributed by atoms with Crippen LogP contribution in [0.5, 0.6) is 0 Å². The molecule has 1 aromatic carbocycles. The van der Waals surface area contributed by atoms with Gasteiger partial charge in [0.2, 0.25) is 0 Å². The normalized spacial score (nSPS) is 22.0. The predicted octanol–water partition coefficient (Wildman–Crippen LogP) is 5.00. The molecule has 1 aliphatic heterocycles. The molecule has 4 heteroatoms. The van der Waals surface area contributed by atoms with Crippen molar-refractivity contribution in [2.45, 2.75) is 45.1 Å². The van der Waals surface area contributed by atoms with Crippen LogP contribution in [0.15, 0.2) is 22.7 Å². The Kier molecular flexibility index (Phi) is 7.00. The van der Waals surface area contributed by atoms with Gasteiger partial charge in [0, 0.05) is 17.1 Å². The molecule has 0 aliphatic carbocycles. The number of nitrogens with zero attached hydrogens (tertiary/aromatic N) is 1. The van der Waals surface area contributed by atoms with Gasteiger partial charge in [-0.25, -0.2) is 0 Å². The molecule has 1 aromatic rings. The lowest BCUT2D eigenvalue weighted by atomic mass is 9.96. The smallest absolute Gasteiger partial charge is 0.0551 e. The fourth-order valence-electron chi connectivity index (χ4n) is 3.41. The van der Waals surface area contributed by atoms with Crippen LogP contribution in [0.2, 0.25) is 5.02 Å². The van der Waals surface area contributed by atoms with Crippen molar-refractivity contribution in [3.8, 4) is 0 Å². The SMILES string of the molecule is CCCC1CCCN(C(CN)c2ccc(Br)c(Cl)c2)CC1. The number of hydrogen-bond donors (Lipinski definition) is 1. The topological polar surface area (TPSA) is 29.3 Å². The lowest BCUT2D eigenvalue weighted by molar-refractivity contribution is 0.206. The van der Waals surface area contributed by atoms with Crippen molar-refractivity contribution < 1.29 is 0 Å². The molecule has 1 aliphatic rings. The van der Waals surface area contributed by atoms with E-state index in [1.807, 2.05) is 6.07 Å². The molecule has 1 saturated heterocycles.